The summed E-state index contributed by atoms with van der Waals surface area (Å²) in [6.07, 6.45) is 3.64. The maximum Gasteiger partial charge on any atom is 0.137 e. The first-order valence-electron chi connectivity index (χ1n) is 4.07. The van der Waals surface area contributed by atoms with Crippen molar-refractivity contribution in [2.45, 2.75) is 6.54 Å². The predicted octanol–water partition coefficient (Wildman–Crippen LogP) is 1.71. The second-order valence-electron chi connectivity index (χ2n) is 2.88. The van der Waals surface area contributed by atoms with Crippen LogP contribution < -0.4 is 5.32 Å². The lowest BCUT2D eigenvalue weighted by atomic mass is 10.3. The Morgan fingerprint density at radius 2 is 2.38 bits per heavy atom. The van der Waals surface area contributed by atoms with Crippen molar-refractivity contribution in [1.82, 2.24) is 14.7 Å². The summed E-state index contributed by atoms with van der Waals surface area (Å²) in [5.74, 6) is 0. The van der Waals surface area contributed by atoms with Gasteiger partial charge < -0.3 is 5.32 Å². The normalized spacial score (nSPS) is 10.9. The number of fused-ring (bicyclic) bond motifs is 1. The smallest absolute Gasteiger partial charge is 0.137 e. The third-order valence-corrected chi connectivity index (χ3v) is 2.18. The first kappa shape index (κ1) is 8.53. The minimum absolute atomic E-state index is 0.646. The van der Waals surface area contributed by atoms with Crippen LogP contribution in [0.15, 0.2) is 24.5 Å². The Kier molecular flexibility index (Phi) is 2.20. The van der Waals surface area contributed by atoms with E-state index in [0.29, 0.717) is 5.15 Å². The van der Waals surface area contributed by atoms with Gasteiger partial charge in [-0.15, -0.1) is 0 Å². The Morgan fingerprint density at radius 3 is 3.15 bits per heavy atom. The minimum atomic E-state index is 0.646. The van der Waals surface area contributed by atoms with Gasteiger partial charge in [-0.1, -0.05) is 17.7 Å². The number of halogens is 1. The minimum Gasteiger partial charge on any atom is -0.316 e. The highest BCUT2D eigenvalue weighted by Gasteiger charge is 2.00. The average Bonchev–Trinajstić information content (AvgIpc) is 2.49. The van der Waals surface area contributed by atoms with Crippen LogP contribution in [0.2, 0.25) is 5.15 Å². The highest BCUT2D eigenvalue weighted by Crippen LogP contribution is 2.12. The molecule has 0 radical (unpaired) electrons. The molecular weight excluding hydrogens is 186 g/mol. The van der Waals surface area contributed by atoms with Gasteiger partial charge in [-0.3, -0.25) is 4.40 Å². The molecule has 0 aromatic carbocycles. The SMILES string of the molecule is CNCc1ccc2ncc(Cl)n2c1. The van der Waals surface area contributed by atoms with E-state index in [1.165, 1.54) is 5.56 Å². The molecule has 13 heavy (non-hydrogen) atoms. The standard InChI is InChI=1S/C9H10ClN3/c1-11-4-7-2-3-9-12-5-8(10)13(9)6-7/h2-3,5-6,11H,4H2,1H3. The fourth-order valence-corrected chi connectivity index (χ4v) is 1.49. The molecule has 0 unspecified atom stereocenters. The molecule has 3 nitrogen and oxygen atoms in total. The van der Waals surface area contributed by atoms with Crippen LogP contribution in [0, 0.1) is 0 Å². The summed E-state index contributed by atoms with van der Waals surface area (Å²) < 4.78 is 1.87. The molecule has 0 aliphatic carbocycles. The number of imidazole rings is 1. The van der Waals surface area contributed by atoms with Gasteiger partial charge in [0.1, 0.15) is 10.8 Å². The molecule has 0 amide bonds. The van der Waals surface area contributed by atoms with E-state index in [4.69, 9.17) is 11.6 Å². The molecule has 2 aromatic heterocycles. The van der Waals surface area contributed by atoms with Gasteiger partial charge >= 0.3 is 0 Å². The van der Waals surface area contributed by atoms with Crippen LogP contribution in [0.25, 0.3) is 5.65 Å². The van der Waals surface area contributed by atoms with Crippen LogP contribution in [-0.2, 0) is 6.54 Å². The zero-order chi connectivity index (χ0) is 9.26. The van der Waals surface area contributed by atoms with E-state index in [-0.39, 0.29) is 0 Å². The average molecular weight is 196 g/mol. The van der Waals surface area contributed by atoms with Gasteiger partial charge in [-0.2, -0.15) is 0 Å². The first-order valence-corrected chi connectivity index (χ1v) is 4.45. The van der Waals surface area contributed by atoms with Crippen LogP contribution in [0.3, 0.4) is 0 Å². The van der Waals surface area contributed by atoms with Gasteiger partial charge in [0.05, 0.1) is 6.20 Å². The Hall–Kier alpha value is -1.06. The number of nitrogens with one attached hydrogen (secondary N) is 1. The molecule has 0 saturated carbocycles. The Morgan fingerprint density at radius 1 is 1.54 bits per heavy atom. The molecule has 4 heteroatoms. The zero-order valence-electron chi connectivity index (χ0n) is 7.29. The van der Waals surface area contributed by atoms with E-state index in [9.17, 15) is 0 Å². The molecule has 2 aromatic rings. The molecule has 0 spiro atoms. The van der Waals surface area contributed by atoms with Crippen LogP contribution in [-0.4, -0.2) is 16.4 Å². The zero-order valence-corrected chi connectivity index (χ0v) is 8.04. The summed E-state index contributed by atoms with van der Waals surface area (Å²) in [5, 5.41) is 3.73. The van der Waals surface area contributed by atoms with E-state index in [2.05, 4.69) is 10.3 Å². The van der Waals surface area contributed by atoms with Crippen LogP contribution in [0.4, 0.5) is 0 Å². The topological polar surface area (TPSA) is 29.3 Å². The maximum atomic E-state index is 5.92. The molecule has 0 saturated heterocycles. The summed E-state index contributed by atoms with van der Waals surface area (Å²) in [6.45, 7) is 0.838. The van der Waals surface area contributed by atoms with Gasteiger partial charge in [0, 0.05) is 12.7 Å². The fraction of sp³-hybridized carbons (Fsp3) is 0.222. The van der Waals surface area contributed by atoms with Crippen LogP contribution in [0.1, 0.15) is 5.56 Å². The number of hydrogen-bond donors (Lipinski definition) is 1. The number of nitrogens with zero attached hydrogens (tertiary/aromatic N) is 2. The van der Waals surface area contributed by atoms with E-state index in [1.54, 1.807) is 6.20 Å². The lowest BCUT2D eigenvalue weighted by Crippen LogP contribution is -2.05. The predicted molar refractivity (Wildman–Crippen MR) is 53.0 cm³/mol. The Labute approximate surface area is 81.4 Å². The summed E-state index contributed by atoms with van der Waals surface area (Å²) in [6, 6.07) is 3.99. The lowest BCUT2D eigenvalue weighted by molar-refractivity contribution is 0.811. The second kappa shape index (κ2) is 3.36. The largest absolute Gasteiger partial charge is 0.316 e. The third-order valence-electron chi connectivity index (χ3n) is 1.90. The van der Waals surface area contributed by atoms with Crippen molar-refractivity contribution in [3.63, 3.8) is 0 Å². The molecule has 1 N–H and O–H groups in total. The summed E-state index contributed by atoms with van der Waals surface area (Å²) in [4.78, 5) is 4.13. The molecule has 68 valence electrons. The van der Waals surface area contributed by atoms with Crippen molar-refractivity contribution in [2.75, 3.05) is 7.05 Å². The highest BCUT2D eigenvalue weighted by atomic mass is 35.5. The lowest BCUT2D eigenvalue weighted by Gasteiger charge is -2.01. The molecule has 0 atom stereocenters. The monoisotopic (exact) mass is 195 g/mol. The molecule has 0 aliphatic heterocycles. The molecule has 0 bridgehead atoms. The van der Waals surface area contributed by atoms with Crippen molar-refractivity contribution in [2.24, 2.45) is 0 Å². The van der Waals surface area contributed by atoms with Crippen molar-refractivity contribution < 1.29 is 0 Å². The van der Waals surface area contributed by atoms with Gasteiger partial charge in [-0.25, -0.2) is 4.98 Å². The summed E-state index contributed by atoms with van der Waals surface area (Å²) in [7, 11) is 1.92. The molecule has 0 fully saturated rings. The van der Waals surface area contributed by atoms with Crippen LogP contribution in [0.5, 0.6) is 0 Å². The van der Waals surface area contributed by atoms with Crippen molar-refractivity contribution in [3.05, 3.63) is 35.2 Å². The van der Waals surface area contributed by atoms with Crippen LogP contribution >= 0.6 is 11.6 Å². The first-order chi connectivity index (χ1) is 6.31. The molecule has 0 aliphatic rings. The Balaban J connectivity index is 2.53. The van der Waals surface area contributed by atoms with Gasteiger partial charge in [0.15, 0.2) is 0 Å². The van der Waals surface area contributed by atoms with Gasteiger partial charge in [-0.05, 0) is 18.7 Å². The number of hydrogen-bond acceptors (Lipinski definition) is 2. The van der Waals surface area contributed by atoms with E-state index < -0.39 is 0 Å². The third kappa shape index (κ3) is 1.53. The second-order valence-corrected chi connectivity index (χ2v) is 3.26. The maximum absolute atomic E-state index is 5.92. The van der Waals surface area contributed by atoms with Gasteiger partial charge in [0.2, 0.25) is 0 Å². The molecule has 2 heterocycles. The summed E-state index contributed by atoms with van der Waals surface area (Å²) in [5.41, 5.74) is 2.07. The molecular formula is C9H10ClN3. The number of rotatable bonds is 2. The van der Waals surface area contributed by atoms with E-state index in [0.717, 1.165) is 12.2 Å². The van der Waals surface area contributed by atoms with Gasteiger partial charge in [0.25, 0.3) is 0 Å². The fourth-order valence-electron chi connectivity index (χ4n) is 1.30. The van der Waals surface area contributed by atoms with E-state index in [1.807, 2.05) is 29.8 Å². The highest BCUT2D eigenvalue weighted by molar-refractivity contribution is 6.29. The number of aromatic nitrogens is 2. The summed E-state index contributed by atoms with van der Waals surface area (Å²) >= 11 is 5.92. The van der Waals surface area contributed by atoms with Crippen molar-refractivity contribution >= 4 is 17.2 Å². The number of pyridine rings is 1. The Bertz CT molecular complexity index is 422. The van der Waals surface area contributed by atoms with Crippen molar-refractivity contribution in [1.29, 1.82) is 0 Å². The van der Waals surface area contributed by atoms with E-state index >= 15 is 0 Å². The molecule has 2 rings (SSSR count). The quantitative estimate of drug-likeness (QED) is 0.791. The van der Waals surface area contributed by atoms with Crippen molar-refractivity contribution in [3.8, 4) is 0 Å².